The van der Waals surface area contributed by atoms with E-state index >= 15 is 0 Å². The minimum atomic E-state index is -0.113. The van der Waals surface area contributed by atoms with Gasteiger partial charge in [-0.1, -0.05) is 12.1 Å². The molecule has 9 heteroatoms. The summed E-state index contributed by atoms with van der Waals surface area (Å²) in [7, 11) is 3.27. The van der Waals surface area contributed by atoms with E-state index < -0.39 is 0 Å². The predicted octanol–water partition coefficient (Wildman–Crippen LogP) is 1.46. The van der Waals surface area contributed by atoms with Gasteiger partial charge in [-0.2, -0.15) is 0 Å². The molecular formula is C20H33IN4O4. The number of rotatable bonds is 10. The number of amides is 1. The van der Waals surface area contributed by atoms with Crippen molar-refractivity contribution in [3.05, 3.63) is 29.3 Å². The van der Waals surface area contributed by atoms with Crippen molar-refractivity contribution in [2.45, 2.75) is 19.9 Å². The van der Waals surface area contributed by atoms with Gasteiger partial charge in [0.05, 0.1) is 26.4 Å². The fourth-order valence-electron chi connectivity index (χ4n) is 2.78. The fourth-order valence-corrected chi connectivity index (χ4v) is 2.78. The van der Waals surface area contributed by atoms with Crippen LogP contribution in [-0.4, -0.2) is 65.5 Å². The second-order valence-electron chi connectivity index (χ2n) is 6.77. The Balaban J connectivity index is 0.00000420. The van der Waals surface area contributed by atoms with Gasteiger partial charge in [-0.3, -0.25) is 9.79 Å². The number of aliphatic imine (C=N–C) groups is 1. The van der Waals surface area contributed by atoms with Crippen LogP contribution in [0.5, 0.6) is 5.75 Å². The molecule has 1 amide bonds. The molecule has 0 aliphatic carbocycles. The van der Waals surface area contributed by atoms with Crippen molar-refractivity contribution in [2.75, 3.05) is 53.7 Å². The molecule has 1 aromatic carbocycles. The third kappa shape index (κ3) is 9.64. The molecule has 0 radical (unpaired) electrons. The molecule has 2 rings (SSSR count). The summed E-state index contributed by atoms with van der Waals surface area (Å²) in [5, 5.41) is 8.98. The highest BCUT2D eigenvalue weighted by Crippen LogP contribution is 2.22. The van der Waals surface area contributed by atoms with Crippen molar-refractivity contribution in [3.8, 4) is 5.75 Å². The maximum Gasteiger partial charge on any atom is 0.239 e. The number of aryl methyl sites for hydroxylation is 1. The lowest BCUT2D eigenvalue weighted by Gasteiger charge is -2.17. The molecule has 164 valence electrons. The number of hydrogen-bond acceptors (Lipinski definition) is 5. The maximum absolute atomic E-state index is 11.8. The number of benzene rings is 1. The molecule has 1 atom stereocenters. The highest BCUT2D eigenvalue weighted by Gasteiger charge is 2.17. The summed E-state index contributed by atoms with van der Waals surface area (Å²) in [6.45, 7) is 5.95. The zero-order chi connectivity index (χ0) is 20.2. The van der Waals surface area contributed by atoms with Crippen molar-refractivity contribution in [1.29, 1.82) is 0 Å². The monoisotopic (exact) mass is 520 g/mol. The molecule has 1 aliphatic heterocycles. The number of carbonyl (C=O) groups excluding carboxylic acids is 1. The van der Waals surface area contributed by atoms with Gasteiger partial charge in [-0.25, -0.2) is 0 Å². The van der Waals surface area contributed by atoms with Crippen molar-refractivity contribution in [3.63, 3.8) is 0 Å². The SMILES string of the molecule is CN=C(NCC(=O)NCCOC)NCc1ccc(C)cc1OCC1CCOC1.I. The molecule has 1 aromatic rings. The Bertz CT molecular complexity index is 651. The van der Waals surface area contributed by atoms with Crippen LogP contribution in [-0.2, 0) is 20.8 Å². The van der Waals surface area contributed by atoms with Crippen LogP contribution in [0.2, 0.25) is 0 Å². The van der Waals surface area contributed by atoms with Gasteiger partial charge in [0.25, 0.3) is 0 Å². The van der Waals surface area contributed by atoms with Gasteiger partial charge in [0.2, 0.25) is 5.91 Å². The number of nitrogens with one attached hydrogen (secondary N) is 3. The fraction of sp³-hybridized carbons (Fsp3) is 0.600. The number of methoxy groups -OCH3 is 1. The van der Waals surface area contributed by atoms with Crippen molar-refractivity contribution >= 4 is 35.8 Å². The first kappa shape index (κ1) is 25.4. The number of carbonyl (C=O) groups is 1. The lowest BCUT2D eigenvalue weighted by molar-refractivity contribution is -0.120. The van der Waals surface area contributed by atoms with Crippen LogP contribution in [0.25, 0.3) is 0 Å². The molecule has 1 aliphatic rings. The summed E-state index contributed by atoms with van der Waals surface area (Å²) >= 11 is 0. The standard InChI is InChI=1S/C20H32N4O4.HI/c1-15-4-5-17(18(10-15)28-14-16-6-8-27-13-16)11-23-20(21-2)24-12-19(25)22-7-9-26-3;/h4-5,10,16H,6-9,11-14H2,1-3H3,(H,22,25)(H2,21,23,24);1H. The number of guanidine groups is 1. The normalized spacial score (nSPS) is 16.1. The van der Waals surface area contributed by atoms with Crippen molar-refractivity contribution in [1.82, 2.24) is 16.0 Å². The average molecular weight is 520 g/mol. The summed E-state index contributed by atoms with van der Waals surface area (Å²) in [5.41, 5.74) is 2.19. The van der Waals surface area contributed by atoms with Crippen LogP contribution in [0.1, 0.15) is 17.5 Å². The Morgan fingerprint density at radius 3 is 2.83 bits per heavy atom. The molecule has 0 spiro atoms. The molecule has 1 fully saturated rings. The highest BCUT2D eigenvalue weighted by molar-refractivity contribution is 14.0. The van der Waals surface area contributed by atoms with Gasteiger partial charge in [0, 0.05) is 45.3 Å². The van der Waals surface area contributed by atoms with Crippen molar-refractivity contribution < 1.29 is 19.0 Å². The molecule has 0 saturated carbocycles. The summed E-state index contributed by atoms with van der Waals surface area (Å²) < 4.78 is 16.4. The molecule has 1 saturated heterocycles. The topological polar surface area (TPSA) is 93.2 Å². The van der Waals surface area contributed by atoms with E-state index in [0.29, 0.717) is 38.2 Å². The molecule has 8 nitrogen and oxygen atoms in total. The van der Waals surface area contributed by atoms with Gasteiger partial charge in [0.15, 0.2) is 5.96 Å². The number of hydrogen-bond donors (Lipinski definition) is 3. The first-order valence-electron chi connectivity index (χ1n) is 9.62. The van der Waals surface area contributed by atoms with Crippen molar-refractivity contribution in [2.24, 2.45) is 10.9 Å². The molecular weight excluding hydrogens is 487 g/mol. The molecule has 0 aromatic heterocycles. The summed E-state index contributed by atoms with van der Waals surface area (Å²) in [5.74, 6) is 1.76. The third-order valence-electron chi connectivity index (χ3n) is 4.44. The Labute approximate surface area is 190 Å². The first-order valence-corrected chi connectivity index (χ1v) is 9.62. The van der Waals surface area contributed by atoms with E-state index in [0.717, 1.165) is 36.5 Å². The quantitative estimate of drug-likeness (QED) is 0.187. The number of halogens is 1. The van der Waals surface area contributed by atoms with Crippen LogP contribution < -0.4 is 20.7 Å². The van der Waals surface area contributed by atoms with Crippen LogP contribution in [0.3, 0.4) is 0 Å². The minimum Gasteiger partial charge on any atom is -0.493 e. The minimum absolute atomic E-state index is 0. The Hall–Kier alpha value is -1.59. The lowest BCUT2D eigenvalue weighted by Crippen LogP contribution is -2.43. The van der Waals surface area contributed by atoms with E-state index in [9.17, 15) is 4.79 Å². The molecule has 0 bridgehead atoms. The first-order chi connectivity index (χ1) is 13.6. The van der Waals surface area contributed by atoms with E-state index in [1.165, 1.54) is 0 Å². The Morgan fingerprint density at radius 2 is 2.14 bits per heavy atom. The molecule has 1 heterocycles. The van der Waals surface area contributed by atoms with E-state index in [1.807, 2.05) is 19.1 Å². The molecule has 3 N–H and O–H groups in total. The zero-order valence-corrected chi connectivity index (χ0v) is 19.8. The zero-order valence-electron chi connectivity index (χ0n) is 17.5. The van der Waals surface area contributed by atoms with E-state index in [1.54, 1.807) is 14.2 Å². The third-order valence-corrected chi connectivity index (χ3v) is 4.44. The predicted molar refractivity (Wildman–Crippen MR) is 124 cm³/mol. The Morgan fingerprint density at radius 1 is 1.31 bits per heavy atom. The second-order valence-corrected chi connectivity index (χ2v) is 6.77. The van der Waals surface area contributed by atoms with E-state index in [-0.39, 0.29) is 36.4 Å². The largest absolute Gasteiger partial charge is 0.493 e. The maximum atomic E-state index is 11.8. The molecule has 29 heavy (non-hydrogen) atoms. The Kier molecular flexibility index (Phi) is 12.6. The van der Waals surface area contributed by atoms with Gasteiger partial charge in [-0.15, -0.1) is 24.0 Å². The van der Waals surface area contributed by atoms with Crippen LogP contribution in [0.15, 0.2) is 23.2 Å². The number of ether oxygens (including phenoxy) is 3. The highest BCUT2D eigenvalue weighted by atomic mass is 127. The second kappa shape index (κ2) is 14.4. The van der Waals surface area contributed by atoms with E-state index in [2.05, 4.69) is 27.0 Å². The average Bonchev–Trinajstić information content (AvgIpc) is 3.21. The lowest BCUT2D eigenvalue weighted by atomic mass is 10.1. The van der Waals surface area contributed by atoms with Crippen LogP contribution >= 0.6 is 24.0 Å². The van der Waals surface area contributed by atoms with Crippen LogP contribution in [0.4, 0.5) is 0 Å². The van der Waals surface area contributed by atoms with Gasteiger partial charge in [-0.05, 0) is 25.0 Å². The van der Waals surface area contributed by atoms with Gasteiger partial charge < -0.3 is 30.2 Å². The van der Waals surface area contributed by atoms with Gasteiger partial charge in [0.1, 0.15) is 5.75 Å². The summed E-state index contributed by atoms with van der Waals surface area (Å²) in [6.07, 6.45) is 1.04. The van der Waals surface area contributed by atoms with Crippen LogP contribution in [0, 0.1) is 12.8 Å². The summed E-state index contributed by atoms with van der Waals surface area (Å²) in [6, 6.07) is 6.15. The summed E-state index contributed by atoms with van der Waals surface area (Å²) in [4.78, 5) is 15.9. The van der Waals surface area contributed by atoms with E-state index in [4.69, 9.17) is 14.2 Å². The molecule has 1 unspecified atom stereocenters. The van der Waals surface area contributed by atoms with Gasteiger partial charge >= 0.3 is 0 Å². The smallest absolute Gasteiger partial charge is 0.239 e. The number of nitrogens with zero attached hydrogens (tertiary/aromatic N) is 1.